The van der Waals surface area contributed by atoms with Crippen LogP contribution in [-0.2, 0) is 7.05 Å². The van der Waals surface area contributed by atoms with E-state index >= 15 is 0 Å². The minimum absolute atomic E-state index is 0.313. The van der Waals surface area contributed by atoms with Gasteiger partial charge in [-0.15, -0.1) is 0 Å². The van der Waals surface area contributed by atoms with E-state index in [9.17, 15) is 9.65 Å². The second-order valence-corrected chi connectivity index (χ2v) is 9.36. The fourth-order valence-corrected chi connectivity index (χ4v) is 5.37. The normalized spacial score (nSPS) is 11.6. The van der Waals surface area contributed by atoms with E-state index in [0.29, 0.717) is 28.0 Å². The lowest BCUT2D eigenvalue weighted by Crippen LogP contribution is -2.30. The van der Waals surface area contributed by atoms with E-state index in [1.807, 2.05) is 85.3 Å². The smallest absolute Gasteiger partial charge is 0.219 e. The molecule has 0 atom stereocenters. The molecule has 7 aromatic rings. The molecular formula is C32H20FN2O2+. The second kappa shape index (κ2) is 7.78. The Hall–Kier alpha value is -4.95. The molecule has 0 spiro atoms. The van der Waals surface area contributed by atoms with Crippen LogP contribution < -0.4 is 4.57 Å². The van der Waals surface area contributed by atoms with Crippen molar-refractivity contribution in [1.82, 2.24) is 0 Å². The Labute approximate surface area is 211 Å². The summed E-state index contributed by atoms with van der Waals surface area (Å²) in [6.45, 7) is 1.99. The number of pyridine rings is 1. The second-order valence-electron chi connectivity index (χ2n) is 9.36. The average Bonchev–Trinajstić information content (AvgIpc) is 3.47. The third-order valence-electron chi connectivity index (χ3n) is 7.17. The van der Waals surface area contributed by atoms with Crippen molar-refractivity contribution in [2.75, 3.05) is 0 Å². The highest BCUT2D eigenvalue weighted by atomic mass is 19.1. The standard InChI is InChI=1S/C32H20FN2O2/c1-18-7-10-24-25-12-9-20(17-34)30(19-8-11-23-22-5-3-4-6-27(22)36-28(23)15-19)32(25)37-31(24)29(18)26-16-21(33)13-14-35(26)2/h3-16H,1-2H3/q+1. The number of nitriles is 1. The molecule has 0 unspecified atom stereocenters. The predicted molar refractivity (Wildman–Crippen MR) is 142 cm³/mol. The van der Waals surface area contributed by atoms with Crippen LogP contribution in [-0.4, -0.2) is 0 Å². The molecule has 0 saturated carbocycles. The number of para-hydroxylation sites is 1. The number of benzene rings is 4. The van der Waals surface area contributed by atoms with Gasteiger partial charge in [0.25, 0.3) is 0 Å². The molecule has 3 aromatic heterocycles. The fourth-order valence-electron chi connectivity index (χ4n) is 5.37. The minimum atomic E-state index is -0.313. The predicted octanol–water partition coefficient (Wildman–Crippen LogP) is 7.96. The van der Waals surface area contributed by atoms with Crippen LogP contribution in [0.15, 0.2) is 93.9 Å². The Bertz CT molecular complexity index is 2090. The Morgan fingerprint density at radius 3 is 2.32 bits per heavy atom. The van der Waals surface area contributed by atoms with Gasteiger partial charge in [-0.3, -0.25) is 0 Å². The summed E-state index contributed by atoms with van der Waals surface area (Å²) < 4.78 is 28.9. The quantitative estimate of drug-likeness (QED) is 0.234. The van der Waals surface area contributed by atoms with Crippen molar-refractivity contribution < 1.29 is 17.8 Å². The van der Waals surface area contributed by atoms with Gasteiger partial charge in [-0.05, 0) is 48.4 Å². The molecule has 176 valence electrons. The zero-order valence-corrected chi connectivity index (χ0v) is 20.2. The number of rotatable bonds is 2. The topological polar surface area (TPSA) is 54.0 Å². The number of aromatic nitrogens is 1. The minimum Gasteiger partial charge on any atom is -0.456 e. The maximum Gasteiger partial charge on any atom is 0.219 e. The van der Waals surface area contributed by atoms with E-state index in [4.69, 9.17) is 8.83 Å². The van der Waals surface area contributed by atoms with Crippen LogP contribution in [0.1, 0.15) is 11.1 Å². The molecule has 0 saturated heterocycles. The van der Waals surface area contributed by atoms with Gasteiger partial charge in [0.1, 0.15) is 35.2 Å². The highest BCUT2D eigenvalue weighted by molar-refractivity contribution is 6.14. The number of nitrogens with zero attached hydrogens (tertiary/aromatic N) is 2. The van der Waals surface area contributed by atoms with E-state index < -0.39 is 0 Å². The molecule has 0 aliphatic rings. The SMILES string of the molecule is Cc1ccc2c(oc3c(-c4ccc5c(c4)oc4ccccc45)c(C#N)ccc32)c1-c1cc(F)cc[n+]1C. The number of aryl methyl sites for hydroxylation is 2. The Morgan fingerprint density at radius 1 is 0.757 bits per heavy atom. The molecule has 0 radical (unpaired) electrons. The first-order valence-corrected chi connectivity index (χ1v) is 12.0. The number of halogens is 1. The summed E-state index contributed by atoms with van der Waals surface area (Å²) in [6, 6.07) is 27.0. The van der Waals surface area contributed by atoms with Gasteiger partial charge in [0.05, 0.1) is 17.2 Å². The molecule has 0 N–H and O–H groups in total. The molecule has 0 fully saturated rings. The van der Waals surface area contributed by atoms with E-state index in [2.05, 4.69) is 6.07 Å². The van der Waals surface area contributed by atoms with Crippen LogP contribution >= 0.6 is 0 Å². The van der Waals surface area contributed by atoms with Crippen molar-refractivity contribution in [3.8, 4) is 28.5 Å². The molecule has 7 rings (SSSR count). The van der Waals surface area contributed by atoms with Gasteiger partial charge < -0.3 is 8.83 Å². The molecule has 0 bridgehead atoms. The van der Waals surface area contributed by atoms with E-state index in [-0.39, 0.29) is 5.82 Å². The van der Waals surface area contributed by atoms with Crippen molar-refractivity contribution in [2.45, 2.75) is 6.92 Å². The molecule has 37 heavy (non-hydrogen) atoms. The lowest BCUT2D eigenvalue weighted by Gasteiger charge is -2.06. The molecular weight excluding hydrogens is 463 g/mol. The lowest BCUT2D eigenvalue weighted by atomic mass is 9.95. The first kappa shape index (κ1) is 21.3. The summed E-state index contributed by atoms with van der Waals surface area (Å²) in [5.74, 6) is -0.313. The average molecular weight is 484 g/mol. The first-order chi connectivity index (χ1) is 18.0. The molecule has 4 nitrogen and oxygen atoms in total. The number of furan rings is 2. The summed E-state index contributed by atoms with van der Waals surface area (Å²) >= 11 is 0. The highest BCUT2D eigenvalue weighted by Crippen LogP contribution is 2.43. The fraction of sp³-hybridized carbons (Fsp3) is 0.0625. The van der Waals surface area contributed by atoms with Crippen LogP contribution in [0.25, 0.3) is 66.3 Å². The summed E-state index contributed by atoms with van der Waals surface area (Å²) in [5.41, 5.74) is 7.43. The van der Waals surface area contributed by atoms with Gasteiger partial charge >= 0.3 is 0 Å². The summed E-state index contributed by atoms with van der Waals surface area (Å²) in [6.07, 6.45) is 1.70. The number of hydrogen-bond acceptors (Lipinski definition) is 3. The van der Waals surface area contributed by atoms with Gasteiger partial charge in [-0.25, -0.2) is 8.96 Å². The lowest BCUT2D eigenvalue weighted by molar-refractivity contribution is -0.660. The molecule has 5 heteroatoms. The van der Waals surface area contributed by atoms with Gasteiger partial charge in [0, 0.05) is 39.2 Å². The van der Waals surface area contributed by atoms with E-state index in [0.717, 1.165) is 49.4 Å². The zero-order valence-electron chi connectivity index (χ0n) is 20.2. The van der Waals surface area contributed by atoms with Crippen LogP contribution in [0, 0.1) is 24.1 Å². The van der Waals surface area contributed by atoms with Crippen molar-refractivity contribution in [2.24, 2.45) is 7.05 Å². The van der Waals surface area contributed by atoms with Crippen molar-refractivity contribution in [3.63, 3.8) is 0 Å². The molecule has 4 aromatic carbocycles. The van der Waals surface area contributed by atoms with Crippen molar-refractivity contribution in [3.05, 3.63) is 102 Å². The largest absolute Gasteiger partial charge is 0.456 e. The third-order valence-corrected chi connectivity index (χ3v) is 7.17. The van der Waals surface area contributed by atoms with Crippen molar-refractivity contribution in [1.29, 1.82) is 5.26 Å². The molecule has 0 aliphatic carbocycles. The maximum absolute atomic E-state index is 14.3. The van der Waals surface area contributed by atoms with Gasteiger partial charge in [-0.1, -0.05) is 36.4 Å². The van der Waals surface area contributed by atoms with Gasteiger partial charge in [0.15, 0.2) is 6.20 Å². The first-order valence-electron chi connectivity index (χ1n) is 12.0. The molecule has 3 heterocycles. The summed E-state index contributed by atoms with van der Waals surface area (Å²) in [5, 5.41) is 13.9. The van der Waals surface area contributed by atoms with E-state index in [1.54, 1.807) is 6.20 Å². The Kier molecular flexibility index (Phi) is 4.49. The van der Waals surface area contributed by atoms with Crippen LogP contribution in [0.3, 0.4) is 0 Å². The number of fused-ring (bicyclic) bond motifs is 6. The van der Waals surface area contributed by atoms with E-state index in [1.165, 1.54) is 12.1 Å². The molecule has 0 amide bonds. The Morgan fingerprint density at radius 2 is 1.49 bits per heavy atom. The molecule has 0 aliphatic heterocycles. The zero-order chi connectivity index (χ0) is 25.3. The Balaban J connectivity index is 1.56. The monoisotopic (exact) mass is 483 g/mol. The number of hydrogen-bond donors (Lipinski definition) is 0. The van der Waals surface area contributed by atoms with Crippen molar-refractivity contribution >= 4 is 43.9 Å². The summed E-state index contributed by atoms with van der Waals surface area (Å²) in [4.78, 5) is 0. The highest BCUT2D eigenvalue weighted by Gasteiger charge is 2.24. The summed E-state index contributed by atoms with van der Waals surface area (Å²) in [7, 11) is 1.89. The maximum atomic E-state index is 14.3. The van der Waals surface area contributed by atoms with Crippen LogP contribution in [0.5, 0.6) is 0 Å². The third kappa shape index (κ3) is 3.09. The van der Waals surface area contributed by atoms with Gasteiger partial charge in [-0.2, -0.15) is 5.26 Å². The van der Waals surface area contributed by atoms with Gasteiger partial charge in [0.2, 0.25) is 5.69 Å². The van der Waals surface area contributed by atoms with Crippen LogP contribution in [0.2, 0.25) is 0 Å². The van der Waals surface area contributed by atoms with Crippen LogP contribution in [0.4, 0.5) is 4.39 Å².